The fraction of sp³-hybridized carbons (Fsp3) is 1.00. The van der Waals surface area contributed by atoms with Crippen molar-refractivity contribution < 1.29 is 5.11 Å². The predicted molar refractivity (Wildman–Crippen MR) is 93.5 cm³/mol. The second kappa shape index (κ2) is 9.87. The van der Waals surface area contributed by atoms with Crippen LogP contribution in [-0.2, 0) is 0 Å². The van der Waals surface area contributed by atoms with Gasteiger partial charge in [-0.2, -0.15) is 0 Å². The average Bonchev–Trinajstić information content (AvgIpc) is 2.41. The maximum atomic E-state index is 10.4. The molecule has 1 N–H and O–H groups in total. The van der Waals surface area contributed by atoms with Crippen LogP contribution in [0.25, 0.3) is 0 Å². The summed E-state index contributed by atoms with van der Waals surface area (Å²) in [4.78, 5) is 0. The number of unbranched alkanes of at least 4 members (excludes halogenated alkanes) is 7. The van der Waals surface area contributed by atoms with Gasteiger partial charge in [-0.15, -0.1) is 0 Å². The minimum atomic E-state index is -0.0576. The predicted octanol–water partition coefficient (Wildman–Crippen LogP) is 6.34. The molecule has 126 valence electrons. The Bertz CT molecular complexity index is 259. The van der Waals surface area contributed by atoms with Crippen LogP contribution in [0.5, 0.6) is 0 Å². The van der Waals surface area contributed by atoms with Gasteiger partial charge in [0.1, 0.15) is 0 Å². The number of aliphatic hydroxyl groups excluding tert-OH is 1. The molecule has 0 spiro atoms. The van der Waals surface area contributed by atoms with Crippen LogP contribution in [0.3, 0.4) is 0 Å². The monoisotopic (exact) mass is 296 g/mol. The molecule has 1 aliphatic carbocycles. The smallest absolute Gasteiger partial charge is 0.0576 e. The van der Waals surface area contributed by atoms with Crippen LogP contribution in [0.2, 0.25) is 0 Å². The molecule has 0 aromatic rings. The van der Waals surface area contributed by atoms with Gasteiger partial charge in [-0.1, -0.05) is 85.5 Å². The number of aliphatic hydroxyl groups is 1. The van der Waals surface area contributed by atoms with E-state index in [0.717, 1.165) is 12.3 Å². The Morgan fingerprint density at radius 2 is 1.48 bits per heavy atom. The molecule has 1 saturated carbocycles. The Kier molecular flexibility index (Phi) is 8.94. The SMILES string of the molecule is CCCCCCCCCCC(C)(C)C1CCC(C)CC1O. The van der Waals surface area contributed by atoms with E-state index in [0.29, 0.717) is 11.3 Å². The van der Waals surface area contributed by atoms with E-state index in [1.54, 1.807) is 0 Å². The van der Waals surface area contributed by atoms with Crippen LogP contribution in [0, 0.1) is 17.3 Å². The lowest BCUT2D eigenvalue weighted by atomic mass is 9.65. The topological polar surface area (TPSA) is 20.2 Å². The molecular formula is C20H40O. The lowest BCUT2D eigenvalue weighted by molar-refractivity contribution is -0.0168. The first kappa shape index (κ1) is 19.0. The quantitative estimate of drug-likeness (QED) is 0.466. The van der Waals surface area contributed by atoms with E-state index in [2.05, 4.69) is 27.7 Å². The Balaban J connectivity index is 2.15. The standard InChI is InChI=1S/C20H40O/c1-5-6-7-8-9-10-11-12-15-20(3,4)18-14-13-17(2)16-19(18)21/h17-19,21H,5-16H2,1-4H3. The van der Waals surface area contributed by atoms with Crippen molar-refractivity contribution in [1.82, 2.24) is 0 Å². The highest BCUT2D eigenvalue weighted by Gasteiger charge is 2.37. The summed E-state index contributed by atoms with van der Waals surface area (Å²) in [5.74, 6) is 1.24. The summed E-state index contributed by atoms with van der Waals surface area (Å²) in [6, 6.07) is 0. The van der Waals surface area contributed by atoms with Gasteiger partial charge < -0.3 is 5.11 Å². The first-order chi connectivity index (χ1) is 9.97. The first-order valence-electron chi connectivity index (χ1n) is 9.65. The van der Waals surface area contributed by atoms with E-state index in [9.17, 15) is 5.11 Å². The molecule has 0 bridgehead atoms. The molecule has 1 nitrogen and oxygen atoms in total. The zero-order valence-corrected chi connectivity index (χ0v) is 15.2. The Morgan fingerprint density at radius 1 is 0.905 bits per heavy atom. The van der Waals surface area contributed by atoms with Gasteiger partial charge in [0, 0.05) is 0 Å². The molecule has 0 aliphatic heterocycles. The maximum absolute atomic E-state index is 10.4. The lowest BCUT2D eigenvalue weighted by Crippen LogP contribution is -2.38. The summed E-state index contributed by atoms with van der Waals surface area (Å²) < 4.78 is 0. The van der Waals surface area contributed by atoms with E-state index in [1.165, 1.54) is 70.6 Å². The molecule has 1 rings (SSSR count). The van der Waals surface area contributed by atoms with E-state index in [1.807, 2.05) is 0 Å². The highest BCUT2D eigenvalue weighted by atomic mass is 16.3. The zero-order chi connectivity index (χ0) is 15.7. The van der Waals surface area contributed by atoms with Crippen molar-refractivity contribution in [1.29, 1.82) is 0 Å². The second-order valence-electron chi connectivity index (χ2n) is 8.31. The van der Waals surface area contributed by atoms with Crippen molar-refractivity contribution in [3.8, 4) is 0 Å². The molecule has 0 saturated heterocycles. The van der Waals surface area contributed by atoms with Crippen LogP contribution >= 0.6 is 0 Å². The number of hydrogen-bond acceptors (Lipinski definition) is 1. The Hall–Kier alpha value is -0.0400. The van der Waals surface area contributed by atoms with Crippen molar-refractivity contribution in [3.63, 3.8) is 0 Å². The molecule has 0 aromatic heterocycles. The lowest BCUT2D eigenvalue weighted by Gasteiger charge is -2.42. The summed E-state index contributed by atoms with van der Waals surface area (Å²) in [5, 5.41) is 10.4. The highest BCUT2D eigenvalue weighted by Crippen LogP contribution is 2.43. The third kappa shape index (κ3) is 7.17. The first-order valence-corrected chi connectivity index (χ1v) is 9.65. The van der Waals surface area contributed by atoms with Gasteiger partial charge in [0.05, 0.1) is 6.10 Å². The third-order valence-corrected chi connectivity index (χ3v) is 5.76. The van der Waals surface area contributed by atoms with Crippen LogP contribution in [0.4, 0.5) is 0 Å². The fourth-order valence-corrected chi connectivity index (χ4v) is 4.16. The number of hydrogen-bond donors (Lipinski definition) is 1. The maximum Gasteiger partial charge on any atom is 0.0576 e. The molecule has 0 heterocycles. The molecule has 0 amide bonds. The number of rotatable bonds is 10. The van der Waals surface area contributed by atoms with Crippen LogP contribution in [0.15, 0.2) is 0 Å². The summed E-state index contributed by atoms with van der Waals surface area (Å²) in [5.41, 5.74) is 0.321. The fourth-order valence-electron chi connectivity index (χ4n) is 4.16. The van der Waals surface area contributed by atoms with Gasteiger partial charge in [-0.25, -0.2) is 0 Å². The second-order valence-corrected chi connectivity index (χ2v) is 8.31. The van der Waals surface area contributed by atoms with E-state index in [-0.39, 0.29) is 6.10 Å². The normalized spacial score (nSPS) is 27.0. The van der Waals surface area contributed by atoms with Gasteiger partial charge in [0.25, 0.3) is 0 Å². The molecule has 3 atom stereocenters. The van der Waals surface area contributed by atoms with Crippen molar-refractivity contribution in [2.45, 2.75) is 111 Å². The van der Waals surface area contributed by atoms with Gasteiger partial charge in [-0.3, -0.25) is 0 Å². The van der Waals surface area contributed by atoms with Crippen molar-refractivity contribution >= 4 is 0 Å². The van der Waals surface area contributed by atoms with E-state index >= 15 is 0 Å². The van der Waals surface area contributed by atoms with Gasteiger partial charge in [0.2, 0.25) is 0 Å². The largest absolute Gasteiger partial charge is 0.393 e. The summed E-state index contributed by atoms with van der Waals surface area (Å²) >= 11 is 0. The Morgan fingerprint density at radius 3 is 2.05 bits per heavy atom. The van der Waals surface area contributed by atoms with Crippen molar-refractivity contribution in [2.75, 3.05) is 0 Å². The van der Waals surface area contributed by atoms with E-state index < -0.39 is 0 Å². The molecule has 0 aromatic carbocycles. The van der Waals surface area contributed by atoms with Crippen LogP contribution in [0.1, 0.15) is 105 Å². The summed E-state index contributed by atoms with van der Waals surface area (Å²) in [7, 11) is 0. The molecule has 1 heteroatoms. The van der Waals surface area contributed by atoms with Crippen molar-refractivity contribution in [3.05, 3.63) is 0 Å². The minimum Gasteiger partial charge on any atom is -0.393 e. The van der Waals surface area contributed by atoms with Crippen LogP contribution < -0.4 is 0 Å². The molecule has 3 unspecified atom stereocenters. The molecular weight excluding hydrogens is 256 g/mol. The highest BCUT2D eigenvalue weighted by molar-refractivity contribution is 4.88. The van der Waals surface area contributed by atoms with Gasteiger partial charge in [-0.05, 0) is 36.5 Å². The molecule has 0 radical (unpaired) electrons. The average molecular weight is 297 g/mol. The third-order valence-electron chi connectivity index (χ3n) is 5.76. The minimum absolute atomic E-state index is 0.0576. The molecule has 1 aliphatic rings. The zero-order valence-electron chi connectivity index (χ0n) is 15.2. The van der Waals surface area contributed by atoms with Crippen molar-refractivity contribution in [2.24, 2.45) is 17.3 Å². The van der Waals surface area contributed by atoms with Gasteiger partial charge >= 0.3 is 0 Å². The van der Waals surface area contributed by atoms with E-state index in [4.69, 9.17) is 0 Å². The van der Waals surface area contributed by atoms with Crippen LogP contribution in [-0.4, -0.2) is 11.2 Å². The molecule has 1 fully saturated rings. The summed E-state index contributed by atoms with van der Waals surface area (Å²) in [6.45, 7) is 9.34. The summed E-state index contributed by atoms with van der Waals surface area (Å²) in [6.07, 6.45) is 15.9. The molecule has 21 heavy (non-hydrogen) atoms. The Labute approximate surface area is 133 Å². The van der Waals surface area contributed by atoms with Gasteiger partial charge in [0.15, 0.2) is 0 Å².